The first-order valence-electron chi connectivity index (χ1n) is 9.55. The van der Waals surface area contributed by atoms with Crippen molar-refractivity contribution in [3.63, 3.8) is 0 Å². The first kappa shape index (κ1) is 19.0. The van der Waals surface area contributed by atoms with Crippen LogP contribution in [0.5, 0.6) is 0 Å². The zero-order valence-electron chi connectivity index (χ0n) is 15.8. The summed E-state index contributed by atoms with van der Waals surface area (Å²) in [7, 11) is 0. The second-order valence-electron chi connectivity index (χ2n) is 7.16. The van der Waals surface area contributed by atoms with E-state index in [0.29, 0.717) is 18.9 Å². The van der Waals surface area contributed by atoms with E-state index >= 15 is 0 Å². The van der Waals surface area contributed by atoms with Crippen LogP contribution < -0.4 is 21.5 Å². The number of carbonyl (C=O) groups excluding carboxylic acids is 1. The van der Waals surface area contributed by atoms with E-state index in [0.717, 1.165) is 36.2 Å². The van der Waals surface area contributed by atoms with Crippen molar-refractivity contribution in [3.8, 4) is 6.07 Å². The Balaban J connectivity index is 1.49. The van der Waals surface area contributed by atoms with Crippen LogP contribution in [0.4, 0.5) is 11.4 Å². The molecule has 1 aliphatic heterocycles. The second kappa shape index (κ2) is 7.93. The molecule has 2 aromatic rings. The summed E-state index contributed by atoms with van der Waals surface area (Å²) in [4.78, 5) is 39.6. The first-order chi connectivity index (χ1) is 14.1. The van der Waals surface area contributed by atoms with Gasteiger partial charge in [-0.05, 0) is 37.1 Å². The lowest BCUT2D eigenvalue weighted by Gasteiger charge is -2.28. The first-order valence-corrected chi connectivity index (χ1v) is 9.55. The van der Waals surface area contributed by atoms with Gasteiger partial charge < -0.3 is 15.0 Å². The number of hydrogen-bond donors (Lipinski definition) is 1. The molecule has 4 rings (SSSR count). The fourth-order valence-electron chi connectivity index (χ4n) is 3.37. The average molecular weight is 395 g/mol. The molecule has 0 radical (unpaired) electrons. The van der Waals surface area contributed by atoms with Crippen molar-refractivity contribution in [3.05, 3.63) is 56.9 Å². The molecule has 2 heterocycles. The normalized spacial score (nSPS) is 16.3. The molecule has 9 nitrogen and oxygen atoms in total. The van der Waals surface area contributed by atoms with Gasteiger partial charge in [0, 0.05) is 36.7 Å². The summed E-state index contributed by atoms with van der Waals surface area (Å²) in [5.41, 5.74) is 0.163. The van der Waals surface area contributed by atoms with E-state index in [2.05, 4.69) is 10.2 Å². The molecule has 0 unspecified atom stereocenters. The summed E-state index contributed by atoms with van der Waals surface area (Å²) in [6.07, 6.45) is 2.94. The molecular weight excluding hydrogens is 374 g/mol. The van der Waals surface area contributed by atoms with Gasteiger partial charge in [0.05, 0.1) is 13.2 Å². The van der Waals surface area contributed by atoms with Crippen LogP contribution in [-0.2, 0) is 16.1 Å². The molecule has 1 N–H and O–H groups in total. The molecule has 0 spiro atoms. The van der Waals surface area contributed by atoms with E-state index in [9.17, 15) is 19.6 Å². The lowest BCUT2D eigenvalue weighted by molar-refractivity contribution is -0.116. The van der Waals surface area contributed by atoms with Gasteiger partial charge in [-0.15, -0.1) is 0 Å². The monoisotopic (exact) mass is 395 g/mol. The second-order valence-corrected chi connectivity index (χ2v) is 7.16. The number of carbonyl (C=O) groups is 1. The number of morpholine rings is 1. The van der Waals surface area contributed by atoms with Crippen molar-refractivity contribution in [2.45, 2.75) is 25.4 Å². The molecule has 1 aliphatic carbocycles. The van der Waals surface area contributed by atoms with Gasteiger partial charge in [-0.2, -0.15) is 5.26 Å². The summed E-state index contributed by atoms with van der Waals surface area (Å²) in [6, 6.07) is 9.17. The SMILES string of the molecule is N#Cc1cn(C2CC2)c(=O)n(CC(=O)Nc2ccc(N3CCOCC3)cc2)c1=O. The maximum absolute atomic E-state index is 12.6. The van der Waals surface area contributed by atoms with E-state index in [1.807, 2.05) is 18.2 Å². The molecule has 1 aromatic carbocycles. The Morgan fingerprint density at radius 2 is 1.86 bits per heavy atom. The van der Waals surface area contributed by atoms with Crippen molar-refractivity contribution in [1.82, 2.24) is 9.13 Å². The van der Waals surface area contributed by atoms with Crippen molar-refractivity contribution in [1.29, 1.82) is 5.26 Å². The van der Waals surface area contributed by atoms with Gasteiger partial charge in [0.15, 0.2) is 0 Å². The summed E-state index contributed by atoms with van der Waals surface area (Å²) in [5.74, 6) is -0.499. The Morgan fingerprint density at radius 3 is 2.48 bits per heavy atom. The molecule has 0 atom stereocenters. The molecule has 2 fully saturated rings. The smallest absolute Gasteiger partial charge is 0.331 e. The summed E-state index contributed by atoms with van der Waals surface area (Å²) in [6.45, 7) is 2.57. The van der Waals surface area contributed by atoms with Gasteiger partial charge >= 0.3 is 5.69 Å². The molecule has 1 saturated heterocycles. The van der Waals surface area contributed by atoms with Gasteiger partial charge in [0.2, 0.25) is 5.91 Å². The number of aromatic nitrogens is 2. The number of benzene rings is 1. The van der Waals surface area contributed by atoms with Gasteiger partial charge in [-0.25, -0.2) is 9.36 Å². The lowest BCUT2D eigenvalue weighted by Crippen LogP contribution is -2.43. The molecule has 1 aromatic heterocycles. The molecule has 0 bridgehead atoms. The number of rotatable bonds is 5. The van der Waals surface area contributed by atoms with E-state index in [4.69, 9.17) is 4.74 Å². The topological polar surface area (TPSA) is 109 Å². The Labute approximate surface area is 166 Å². The number of ether oxygens (including phenoxy) is 1. The van der Waals surface area contributed by atoms with Gasteiger partial charge in [0.1, 0.15) is 18.2 Å². The van der Waals surface area contributed by atoms with E-state index in [1.165, 1.54) is 10.8 Å². The third-order valence-corrected chi connectivity index (χ3v) is 5.09. The van der Waals surface area contributed by atoms with Crippen molar-refractivity contribution in [2.24, 2.45) is 0 Å². The van der Waals surface area contributed by atoms with Crippen LogP contribution in [0, 0.1) is 11.3 Å². The fourth-order valence-corrected chi connectivity index (χ4v) is 3.37. The highest BCUT2D eigenvalue weighted by Gasteiger charge is 2.27. The maximum atomic E-state index is 12.6. The van der Waals surface area contributed by atoms with Crippen molar-refractivity contribution in [2.75, 3.05) is 36.5 Å². The molecular formula is C20H21N5O4. The van der Waals surface area contributed by atoms with Gasteiger partial charge in [-0.1, -0.05) is 0 Å². The van der Waals surface area contributed by atoms with Crippen molar-refractivity contribution < 1.29 is 9.53 Å². The lowest BCUT2D eigenvalue weighted by atomic mass is 10.2. The predicted molar refractivity (Wildman–Crippen MR) is 106 cm³/mol. The highest BCUT2D eigenvalue weighted by Crippen LogP contribution is 2.33. The summed E-state index contributed by atoms with van der Waals surface area (Å²) in [5, 5.41) is 11.9. The number of nitrogens with zero attached hydrogens (tertiary/aromatic N) is 4. The summed E-state index contributed by atoms with van der Waals surface area (Å²) < 4.78 is 7.55. The number of nitriles is 1. The zero-order chi connectivity index (χ0) is 20.4. The van der Waals surface area contributed by atoms with Gasteiger partial charge in [-0.3, -0.25) is 14.2 Å². The molecule has 29 heavy (non-hydrogen) atoms. The van der Waals surface area contributed by atoms with Crippen LogP contribution in [-0.4, -0.2) is 41.3 Å². The molecule has 2 aliphatic rings. The minimum absolute atomic E-state index is 0.00255. The van der Waals surface area contributed by atoms with Crippen LogP contribution in [0.3, 0.4) is 0 Å². The Kier molecular flexibility index (Phi) is 5.18. The number of nitrogens with one attached hydrogen (secondary N) is 1. The van der Waals surface area contributed by atoms with Crippen LogP contribution >= 0.6 is 0 Å². The highest BCUT2D eigenvalue weighted by atomic mass is 16.5. The molecule has 9 heteroatoms. The molecule has 1 saturated carbocycles. The molecule has 150 valence electrons. The van der Waals surface area contributed by atoms with Crippen molar-refractivity contribution >= 4 is 17.3 Å². The van der Waals surface area contributed by atoms with E-state index in [-0.39, 0.29) is 11.6 Å². The number of anilines is 2. The zero-order valence-corrected chi connectivity index (χ0v) is 15.8. The quantitative estimate of drug-likeness (QED) is 0.798. The fraction of sp³-hybridized carbons (Fsp3) is 0.400. The third-order valence-electron chi connectivity index (χ3n) is 5.09. The Morgan fingerprint density at radius 1 is 1.17 bits per heavy atom. The number of hydrogen-bond acceptors (Lipinski definition) is 6. The standard InChI is InChI=1S/C20H21N5O4/c21-11-14-12-24(17-5-6-17)20(28)25(19(14)27)13-18(26)22-15-1-3-16(4-2-15)23-7-9-29-10-8-23/h1-4,12,17H,5-10,13H2,(H,22,26). The highest BCUT2D eigenvalue weighted by molar-refractivity contribution is 5.90. The van der Waals surface area contributed by atoms with Crippen LogP contribution in [0.25, 0.3) is 0 Å². The maximum Gasteiger partial charge on any atom is 0.331 e. The van der Waals surface area contributed by atoms with Crippen LogP contribution in [0.2, 0.25) is 0 Å². The van der Waals surface area contributed by atoms with E-state index in [1.54, 1.807) is 12.1 Å². The summed E-state index contributed by atoms with van der Waals surface area (Å²) >= 11 is 0. The third kappa shape index (κ3) is 4.07. The average Bonchev–Trinajstić information content (AvgIpc) is 3.58. The van der Waals surface area contributed by atoms with E-state index < -0.39 is 23.7 Å². The predicted octanol–water partition coefficient (Wildman–Crippen LogP) is 0.692. The minimum Gasteiger partial charge on any atom is -0.378 e. The molecule has 1 amide bonds. The largest absolute Gasteiger partial charge is 0.378 e. The van der Waals surface area contributed by atoms with Crippen LogP contribution in [0.1, 0.15) is 24.4 Å². The Hall–Kier alpha value is -3.38. The van der Waals surface area contributed by atoms with Crippen LogP contribution in [0.15, 0.2) is 40.1 Å². The van der Waals surface area contributed by atoms with Gasteiger partial charge in [0.25, 0.3) is 5.56 Å². The Bertz CT molecular complexity index is 1070. The minimum atomic E-state index is -0.743. The number of amides is 1.